The fourth-order valence-electron chi connectivity index (χ4n) is 2.96. The monoisotopic (exact) mass is 311 g/mol. The Bertz CT molecular complexity index is 654. The highest BCUT2D eigenvalue weighted by atomic mass is 16.4. The van der Waals surface area contributed by atoms with Gasteiger partial charge in [0.15, 0.2) is 5.69 Å². The second-order valence-corrected chi connectivity index (χ2v) is 5.83. The van der Waals surface area contributed by atoms with Crippen molar-refractivity contribution in [2.75, 3.05) is 25.0 Å². The second-order valence-electron chi connectivity index (χ2n) is 5.83. The lowest BCUT2D eigenvalue weighted by Gasteiger charge is -2.25. The van der Waals surface area contributed by atoms with Gasteiger partial charge in [0, 0.05) is 6.54 Å². The molecule has 0 aliphatic carbocycles. The molecular formula is C18H21N3O2. The Labute approximate surface area is 136 Å². The quantitative estimate of drug-likeness (QED) is 0.858. The van der Waals surface area contributed by atoms with E-state index in [9.17, 15) is 4.79 Å². The summed E-state index contributed by atoms with van der Waals surface area (Å²) in [7, 11) is 0. The van der Waals surface area contributed by atoms with E-state index in [0.29, 0.717) is 5.82 Å². The number of aromatic carboxylic acids is 1. The van der Waals surface area contributed by atoms with Crippen LogP contribution in [0.3, 0.4) is 0 Å². The van der Waals surface area contributed by atoms with E-state index in [1.807, 2.05) is 24.3 Å². The molecule has 1 aliphatic rings. The molecule has 3 rings (SSSR count). The van der Waals surface area contributed by atoms with Gasteiger partial charge < -0.3 is 15.3 Å². The average Bonchev–Trinajstić information content (AvgIpc) is 3.08. The van der Waals surface area contributed by atoms with Crippen LogP contribution in [0.25, 0.3) is 0 Å². The van der Waals surface area contributed by atoms with Crippen LogP contribution in [-0.4, -0.2) is 40.6 Å². The molecule has 2 heterocycles. The third kappa shape index (κ3) is 4.07. The van der Waals surface area contributed by atoms with Gasteiger partial charge in [-0.3, -0.25) is 0 Å². The molecule has 0 bridgehead atoms. The first-order chi connectivity index (χ1) is 11.2. The molecule has 1 aromatic heterocycles. The topological polar surface area (TPSA) is 65.5 Å². The number of hydrogen-bond acceptors (Lipinski definition) is 4. The maximum absolute atomic E-state index is 11.1. The molecule has 0 saturated carbocycles. The number of aromatic nitrogens is 1. The van der Waals surface area contributed by atoms with Crippen molar-refractivity contribution in [3.8, 4) is 0 Å². The molecule has 1 saturated heterocycles. The van der Waals surface area contributed by atoms with Gasteiger partial charge in [0.1, 0.15) is 5.82 Å². The number of carboxylic acids is 1. The highest BCUT2D eigenvalue weighted by Crippen LogP contribution is 2.21. The van der Waals surface area contributed by atoms with Crippen LogP contribution in [0.5, 0.6) is 0 Å². The summed E-state index contributed by atoms with van der Waals surface area (Å²) in [6, 6.07) is 15.4. The van der Waals surface area contributed by atoms with E-state index in [-0.39, 0.29) is 11.7 Å². The highest BCUT2D eigenvalue weighted by molar-refractivity contribution is 5.85. The van der Waals surface area contributed by atoms with Gasteiger partial charge in [0.25, 0.3) is 0 Å². The molecule has 2 N–H and O–H groups in total. The first-order valence-corrected chi connectivity index (χ1v) is 7.96. The summed E-state index contributed by atoms with van der Waals surface area (Å²) in [5, 5.41) is 12.5. The van der Waals surface area contributed by atoms with Gasteiger partial charge in [-0.25, -0.2) is 9.78 Å². The number of nitrogens with one attached hydrogen (secondary N) is 1. The molecule has 2 aromatic rings. The van der Waals surface area contributed by atoms with E-state index in [1.165, 1.54) is 24.5 Å². The second kappa shape index (κ2) is 7.24. The summed E-state index contributed by atoms with van der Waals surface area (Å²) in [5.41, 5.74) is 1.24. The van der Waals surface area contributed by atoms with Gasteiger partial charge in [-0.05, 0) is 43.6 Å². The molecule has 5 nitrogen and oxygen atoms in total. The summed E-state index contributed by atoms with van der Waals surface area (Å²) in [4.78, 5) is 17.7. The van der Waals surface area contributed by atoms with Crippen molar-refractivity contribution in [1.82, 2.24) is 9.88 Å². The van der Waals surface area contributed by atoms with E-state index in [0.717, 1.165) is 19.6 Å². The summed E-state index contributed by atoms with van der Waals surface area (Å²) in [6.07, 6.45) is 2.49. The Kier molecular flexibility index (Phi) is 4.88. The Morgan fingerprint density at radius 3 is 2.57 bits per heavy atom. The molecule has 1 aliphatic heterocycles. The number of hydrogen-bond donors (Lipinski definition) is 2. The Morgan fingerprint density at radius 2 is 1.87 bits per heavy atom. The average molecular weight is 311 g/mol. The third-order valence-corrected chi connectivity index (χ3v) is 4.13. The fourth-order valence-corrected chi connectivity index (χ4v) is 2.96. The zero-order valence-electron chi connectivity index (χ0n) is 13.0. The number of carbonyl (C=O) groups is 1. The minimum absolute atomic E-state index is 0.0583. The van der Waals surface area contributed by atoms with Crippen molar-refractivity contribution in [2.45, 2.75) is 18.9 Å². The largest absolute Gasteiger partial charge is 0.477 e. The van der Waals surface area contributed by atoms with Crippen LogP contribution in [0, 0.1) is 0 Å². The number of rotatable bonds is 6. The van der Waals surface area contributed by atoms with Gasteiger partial charge in [-0.15, -0.1) is 0 Å². The Hall–Kier alpha value is -2.40. The minimum atomic E-state index is -1.01. The number of carboxylic acid groups (broad SMARTS) is 1. The molecule has 5 heteroatoms. The molecule has 1 aromatic carbocycles. The van der Waals surface area contributed by atoms with Crippen LogP contribution in [0.4, 0.5) is 5.82 Å². The first-order valence-electron chi connectivity index (χ1n) is 7.96. The van der Waals surface area contributed by atoms with Crippen LogP contribution >= 0.6 is 0 Å². The van der Waals surface area contributed by atoms with E-state index in [1.54, 1.807) is 6.07 Å². The van der Waals surface area contributed by atoms with Crippen LogP contribution in [-0.2, 0) is 0 Å². The molecule has 0 amide bonds. The van der Waals surface area contributed by atoms with E-state index < -0.39 is 5.97 Å². The Morgan fingerprint density at radius 1 is 1.13 bits per heavy atom. The van der Waals surface area contributed by atoms with Gasteiger partial charge in [-0.2, -0.15) is 0 Å². The van der Waals surface area contributed by atoms with E-state index in [4.69, 9.17) is 5.11 Å². The lowest BCUT2D eigenvalue weighted by molar-refractivity contribution is 0.0690. The smallest absolute Gasteiger partial charge is 0.354 e. The Balaban J connectivity index is 1.80. The van der Waals surface area contributed by atoms with Crippen molar-refractivity contribution in [3.63, 3.8) is 0 Å². The normalized spacial score (nSPS) is 16.2. The molecule has 1 fully saturated rings. The molecule has 120 valence electrons. The lowest BCUT2D eigenvalue weighted by atomic mass is 10.1. The number of benzene rings is 1. The lowest BCUT2D eigenvalue weighted by Crippen LogP contribution is -2.29. The predicted octanol–water partition coefficient (Wildman–Crippen LogP) is 3.03. The predicted molar refractivity (Wildman–Crippen MR) is 89.7 cm³/mol. The summed E-state index contributed by atoms with van der Waals surface area (Å²) >= 11 is 0. The molecular weight excluding hydrogens is 290 g/mol. The van der Waals surface area contributed by atoms with Gasteiger partial charge in [-0.1, -0.05) is 36.4 Å². The molecule has 1 unspecified atom stereocenters. The summed E-state index contributed by atoms with van der Waals surface area (Å²) in [5.74, 6) is -0.414. The summed E-state index contributed by atoms with van der Waals surface area (Å²) in [6.45, 7) is 3.13. The number of anilines is 1. The number of nitrogens with zero attached hydrogens (tertiary/aromatic N) is 2. The van der Waals surface area contributed by atoms with Crippen LogP contribution in [0.2, 0.25) is 0 Å². The highest BCUT2D eigenvalue weighted by Gasteiger charge is 2.19. The van der Waals surface area contributed by atoms with Gasteiger partial charge in [0.2, 0.25) is 0 Å². The van der Waals surface area contributed by atoms with Crippen LogP contribution < -0.4 is 5.32 Å². The molecule has 0 radical (unpaired) electrons. The third-order valence-electron chi connectivity index (χ3n) is 4.13. The zero-order chi connectivity index (χ0) is 16.1. The van der Waals surface area contributed by atoms with Crippen molar-refractivity contribution in [3.05, 3.63) is 59.8 Å². The van der Waals surface area contributed by atoms with Gasteiger partial charge >= 0.3 is 5.97 Å². The molecule has 0 spiro atoms. The van der Waals surface area contributed by atoms with Gasteiger partial charge in [0.05, 0.1) is 6.04 Å². The number of likely N-dealkylation sites (tertiary alicyclic amines) is 1. The van der Waals surface area contributed by atoms with E-state index >= 15 is 0 Å². The van der Waals surface area contributed by atoms with Crippen molar-refractivity contribution in [1.29, 1.82) is 0 Å². The van der Waals surface area contributed by atoms with Crippen molar-refractivity contribution < 1.29 is 9.90 Å². The van der Waals surface area contributed by atoms with Crippen molar-refractivity contribution >= 4 is 11.8 Å². The maximum Gasteiger partial charge on any atom is 0.354 e. The fraction of sp³-hybridized carbons (Fsp3) is 0.333. The van der Waals surface area contributed by atoms with Crippen molar-refractivity contribution in [2.24, 2.45) is 0 Å². The molecule has 1 atom stereocenters. The summed E-state index contributed by atoms with van der Waals surface area (Å²) < 4.78 is 0. The SMILES string of the molecule is O=C(O)c1cccc(NC(CN2CCCC2)c2ccccc2)n1. The first kappa shape index (κ1) is 15.5. The zero-order valence-corrected chi connectivity index (χ0v) is 13.0. The standard InChI is InChI=1S/C18H21N3O2/c22-18(23)15-9-6-10-17(19-15)20-16(13-21-11-4-5-12-21)14-7-2-1-3-8-14/h1-3,6-10,16H,4-5,11-13H2,(H,19,20)(H,22,23). The maximum atomic E-state index is 11.1. The number of pyridine rings is 1. The molecule has 23 heavy (non-hydrogen) atoms. The minimum Gasteiger partial charge on any atom is -0.477 e. The van der Waals surface area contributed by atoms with E-state index in [2.05, 4.69) is 27.3 Å². The van der Waals surface area contributed by atoms with Crippen LogP contribution in [0.1, 0.15) is 34.9 Å². The van der Waals surface area contributed by atoms with Crippen LogP contribution in [0.15, 0.2) is 48.5 Å².